The van der Waals surface area contributed by atoms with Gasteiger partial charge >= 0.3 is 6.09 Å². The van der Waals surface area contributed by atoms with E-state index in [0.29, 0.717) is 43.0 Å². The molecule has 1 aliphatic heterocycles. The van der Waals surface area contributed by atoms with Crippen molar-refractivity contribution >= 4 is 17.7 Å². The molecule has 1 fully saturated rings. The van der Waals surface area contributed by atoms with Crippen molar-refractivity contribution in [1.29, 1.82) is 0 Å². The first-order chi connectivity index (χ1) is 11.7. The van der Waals surface area contributed by atoms with Crippen LogP contribution >= 0.6 is 11.6 Å². The predicted molar refractivity (Wildman–Crippen MR) is 88.6 cm³/mol. The molecule has 1 aromatic heterocycles. The Hall–Kier alpha value is -2.12. The average Bonchev–Trinajstić information content (AvgIpc) is 3.04. The standard InChI is InChI=1S/C16H19ClN4O3/c1-2-23-16(22)21-9-7-20(8-10-21)11-14-18-15(19-24-14)12-5-3-4-6-13(12)17/h3-6H,2,7-11H2,1H3. The van der Waals surface area contributed by atoms with Gasteiger partial charge < -0.3 is 14.2 Å². The molecule has 0 radical (unpaired) electrons. The summed E-state index contributed by atoms with van der Waals surface area (Å²) in [5.74, 6) is 1.02. The van der Waals surface area contributed by atoms with Crippen LogP contribution in [-0.4, -0.2) is 58.8 Å². The number of aromatic nitrogens is 2. The van der Waals surface area contributed by atoms with Gasteiger partial charge in [0, 0.05) is 31.7 Å². The van der Waals surface area contributed by atoms with Crippen LogP contribution in [0.1, 0.15) is 12.8 Å². The summed E-state index contributed by atoms with van der Waals surface area (Å²) >= 11 is 6.15. The Morgan fingerprint density at radius 2 is 2.04 bits per heavy atom. The maximum atomic E-state index is 11.7. The minimum atomic E-state index is -0.254. The SMILES string of the molecule is CCOC(=O)N1CCN(Cc2nc(-c3ccccc3Cl)no2)CC1. The lowest BCUT2D eigenvalue weighted by Crippen LogP contribution is -2.48. The molecule has 8 heteroatoms. The van der Waals surface area contributed by atoms with Gasteiger partial charge in [-0.1, -0.05) is 28.9 Å². The molecule has 24 heavy (non-hydrogen) atoms. The normalized spacial score (nSPS) is 15.5. The number of piperazine rings is 1. The van der Waals surface area contributed by atoms with Gasteiger partial charge in [-0.2, -0.15) is 4.98 Å². The van der Waals surface area contributed by atoms with Crippen molar-refractivity contribution in [2.45, 2.75) is 13.5 Å². The lowest BCUT2D eigenvalue weighted by Gasteiger charge is -2.33. The van der Waals surface area contributed by atoms with E-state index in [1.165, 1.54) is 0 Å². The van der Waals surface area contributed by atoms with Crippen LogP contribution in [0.3, 0.4) is 0 Å². The molecule has 0 bridgehead atoms. The van der Waals surface area contributed by atoms with E-state index in [0.717, 1.165) is 18.7 Å². The highest BCUT2D eigenvalue weighted by Crippen LogP contribution is 2.25. The molecule has 2 heterocycles. The summed E-state index contributed by atoms with van der Waals surface area (Å²) in [6.07, 6.45) is -0.254. The Labute approximate surface area is 145 Å². The summed E-state index contributed by atoms with van der Waals surface area (Å²) in [6.45, 7) is 5.49. The molecule has 7 nitrogen and oxygen atoms in total. The summed E-state index contributed by atoms with van der Waals surface area (Å²) < 4.78 is 10.3. The van der Waals surface area contributed by atoms with Gasteiger partial charge in [-0.3, -0.25) is 4.90 Å². The molecular formula is C16H19ClN4O3. The lowest BCUT2D eigenvalue weighted by atomic mass is 10.2. The minimum Gasteiger partial charge on any atom is -0.450 e. The zero-order valence-electron chi connectivity index (χ0n) is 13.4. The Kier molecular flexibility index (Phi) is 5.32. The number of hydrogen-bond donors (Lipinski definition) is 0. The van der Waals surface area contributed by atoms with Crippen LogP contribution in [0.4, 0.5) is 4.79 Å². The molecule has 1 amide bonds. The highest BCUT2D eigenvalue weighted by molar-refractivity contribution is 6.33. The maximum Gasteiger partial charge on any atom is 0.409 e. The molecule has 2 aromatic rings. The largest absolute Gasteiger partial charge is 0.450 e. The van der Waals surface area contributed by atoms with Crippen LogP contribution < -0.4 is 0 Å². The molecule has 3 rings (SSSR count). The molecule has 0 atom stereocenters. The quantitative estimate of drug-likeness (QED) is 0.844. The van der Waals surface area contributed by atoms with Crippen molar-refractivity contribution in [2.24, 2.45) is 0 Å². The van der Waals surface area contributed by atoms with Crippen molar-refractivity contribution in [3.05, 3.63) is 35.2 Å². The van der Waals surface area contributed by atoms with E-state index in [-0.39, 0.29) is 6.09 Å². The zero-order chi connectivity index (χ0) is 16.9. The fraction of sp³-hybridized carbons (Fsp3) is 0.438. The number of amides is 1. The molecule has 0 spiro atoms. The van der Waals surface area contributed by atoms with Gasteiger partial charge in [0.05, 0.1) is 18.2 Å². The summed E-state index contributed by atoms with van der Waals surface area (Å²) in [7, 11) is 0. The van der Waals surface area contributed by atoms with Gasteiger partial charge in [-0.05, 0) is 19.1 Å². The summed E-state index contributed by atoms with van der Waals surface area (Å²) in [5, 5.41) is 4.59. The third kappa shape index (κ3) is 3.85. The van der Waals surface area contributed by atoms with Crippen LogP contribution in [0.2, 0.25) is 5.02 Å². The highest BCUT2D eigenvalue weighted by Gasteiger charge is 2.23. The van der Waals surface area contributed by atoms with Gasteiger partial charge in [-0.15, -0.1) is 0 Å². The Bertz CT molecular complexity index is 698. The summed E-state index contributed by atoms with van der Waals surface area (Å²) in [6, 6.07) is 7.39. The van der Waals surface area contributed by atoms with E-state index in [9.17, 15) is 4.79 Å². The van der Waals surface area contributed by atoms with Crippen molar-refractivity contribution in [1.82, 2.24) is 19.9 Å². The van der Waals surface area contributed by atoms with E-state index in [1.807, 2.05) is 18.2 Å². The van der Waals surface area contributed by atoms with Crippen LogP contribution in [0.5, 0.6) is 0 Å². The topological polar surface area (TPSA) is 71.7 Å². The molecule has 1 saturated heterocycles. The lowest BCUT2D eigenvalue weighted by molar-refractivity contribution is 0.0749. The van der Waals surface area contributed by atoms with Crippen LogP contribution in [0.15, 0.2) is 28.8 Å². The summed E-state index contributed by atoms with van der Waals surface area (Å²) in [4.78, 5) is 20.0. The third-order valence-corrected chi connectivity index (χ3v) is 4.17. The van der Waals surface area contributed by atoms with E-state index < -0.39 is 0 Å². The van der Waals surface area contributed by atoms with E-state index in [2.05, 4.69) is 15.0 Å². The molecule has 1 aromatic carbocycles. The first-order valence-corrected chi connectivity index (χ1v) is 8.26. The number of halogens is 1. The molecule has 1 aliphatic rings. The first kappa shape index (κ1) is 16.7. The van der Waals surface area contributed by atoms with Gasteiger partial charge in [0.1, 0.15) is 0 Å². The van der Waals surface area contributed by atoms with E-state index in [4.69, 9.17) is 20.9 Å². The predicted octanol–water partition coefficient (Wildman–Crippen LogP) is 2.66. The van der Waals surface area contributed by atoms with Gasteiger partial charge in [0.15, 0.2) is 0 Å². The second-order valence-corrected chi connectivity index (χ2v) is 5.86. The summed E-state index contributed by atoms with van der Waals surface area (Å²) in [5.41, 5.74) is 0.751. The maximum absolute atomic E-state index is 11.7. The van der Waals surface area contributed by atoms with Crippen molar-refractivity contribution in [3.8, 4) is 11.4 Å². The second kappa shape index (κ2) is 7.63. The fourth-order valence-electron chi connectivity index (χ4n) is 2.57. The highest BCUT2D eigenvalue weighted by atomic mass is 35.5. The number of rotatable bonds is 4. The molecule has 0 aliphatic carbocycles. The number of carbonyl (C=O) groups is 1. The van der Waals surface area contributed by atoms with Crippen molar-refractivity contribution < 1.29 is 14.1 Å². The first-order valence-electron chi connectivity index (χ1n) is 7.89. The van der Waals surface area contributed by atoms with Crippen LogP contribution in [-0.2, 0) is 11.3 Å². The number of nitrogens with zero attached hydrogens (tertiary/aromatic N) is 4. The van der Waals surface area contributed by atoms with Crippen LogP contribution in [0.25, 0.3) is 11.4 Å². The Balaban J connectivity index is 1.57. The second-order valence-electron chi connectivity index (χ2n) is 5.45. The van der Waals surface area contributed by atoms with Crippen LogP contribution in [0, 0.1) is 0 Å². The zero-order valence-corrected chi connectivity index (χ0v) is 14.2. The molecular weight excluding hydrogens is 332 g/mol. The fourth-order valence-corrected chi connectivity index (χ4v) is 2.79. The molecule has 128 valence electrons. The smallest absolute Gasteiger partial charge is 0.409 e. The molecule has 0 N–H and O–H groups in total. The third-order valence-electron chi connectivity index (χ3n) is 3.84. The number of benzene rings is 1. The van der Waals surface area contributed by atoms with Gasteiger partial charge in [0.25, 0.3) is 0 Å². The molecule has 0 saturated carbocycles. The number of carbonyl (C=O) groups excluding carboxylic acids is 1. The van der Waals surface area contributed by atoms with Crippen molar-refractivity contribution in [2.75, 3.05) is 32.8 Å². The van der Waals surface area contributed by atoms with Crippen molar-refractivity contribution in [3.63, 3.8) is 0 Å². The van der Waals surface area contributed by atoms with Gasteiger partial charge in [-0.25, -0.2) is 4.79 Å². The average molecular weight is 351 g/mol. The van der Waals surface area contributed by atoms with E-state index >= 15 is 0 Å². The Morgan fingerprint density at radius 1 is 1.29 bits per heavy atom. The monoisotopic (exact) mass is 350 g/mol. The number of ether oxygens (including phenoxy) is 1. The Morgan fingerprint density at radius 3 is 2.75 bits per heavy atom. The van der Waals surface area contributed by atoms with E-state index in [1.54, 1.807) is 17.9 Å². The minimum absolute atomic E-state index is 0.254. The molecule has 0 unspecified atom stereocenters. The number of hydrogen-bond acceptors (Lipinski definition) is 6. The van der Waals surface area contributed by atoms with Gasteiger partial charge in [0.2, 0.25) is 11.7 Å².